The molecule has 20 heavy (non-hydrogen) atoms. The van der Waals surface area contributed by atoms with Crippen molar-refractivity contribution in [2.45, 2.75) is 6.92 Å². The molecule has 0 unspecified atom stereocenters. The predicted octanol–water partition coefficient (Wildman–Crippen LogP) is 3.08. The minimum atomic E-state index is 0.412. The lowest BCUT2D eigenvalue weighted by atomic mass is 10.3. The molecule has 2 aromatic heterocycles. The zero-order chi connectivity index (χ0) is 14.3. The van der Waals surface area contributed by atoms with Crippen LogP contribution in [0.4, 0.5) is 5.95 Å². The van der Waals surface area contributed by atoms with Gasteiger partial charge in [0.15, 0.2) is 5.65 Å². The van der Waals surface area contributed by atoms with Gasteiger partial charge >= 0.3 is 0 Å². The maximum atomic E-state index is 6.02. The standard InChI is InChI=1S/C14H13BrN4O/c1-8-5-11-13(17-7-8)19(14(16)18-11)9-3-4-12(20-2)10(15)6-9/h3-7H,1-2H3,(H2,16,18). The monoisotopic (exact) mass is 332 g/mol. The van der Waals surface area contributed by atoms with E-state index >= 15 is 0 Å². The molecule has 2 heterocycles. The number of imidazole rings is 1. The van der Waals surface area contributed by atoms with Gasteiger partial charge in [-0.3, -0.25) is 4.57 Å². The minimum Gasteiger partial charge on any atom is -0.496 e. The molecule has 0 bridgehead atoms. The molecule has 102 valence electrons. The van der Waals surface area contributed by atoms with Gasteiger partial charge in [0.1, 0.15) is 11.3 Å². The highest BCUT2D eigenvalue weighted by atomic mass is 79.9. The van der Waals surface area contributed by atoms with E-state index in [2.05, 4.69) is 25.9 Å². The number of nitrogens with two attached hydrogens (primary N) is 1. The third-order valence-electron chi connectivity index (χ3n) is 3.05. The maximum absolute atomic E-state index is 6.02. The molecule has 0 aliphatic rings. The van der Waals surface area contributed by atoms with E-state index in [9.17, 15) is 0 Å². The lowest BCUT2D eigenvalue weighted by Gasteiger charge is -2.09. The van der Waals surface area contributed by atoms with Crippen molar-refractivity contribution in [3.63, 3.8) is 0 Å². The van der Waals surface area contributed by atoms with Crippen LogP contribution < -0.4 is 10.5 Å². The van der Waals surface area contributed by atoms with Gasteiger partial charge in [0, 0.05) is 6.20 Å². The Kier molecular flexibility index (Phi) is 3.10. The van der Waals surface area contributed by atoms with E-state index in [1.165, 1.54) is 0 Å². The number of fused-ring (bicyclic) bond motifs is 1. The molecule has 5 nitrogen and oxygen atoms in total. The van der Waals surface area contributed by atoms with Crippen LogP contribution in [0, 0.1) is 6.92 Å². The molecule has 0 atom stereocenters. The lowest BCUT2D eigenvalue weighted by Crippen LogP contribution is -2.01. The van der Waals surface area contributed by atoms with Gasteiger partial charge in [-0.2, -0.15) is 0 Å². The fourth-order valence-electron chi connectivity index (χ4n) is 2.13. The van der Waals surface area contributed by atoms with Gasteiger partial charge in [0.2, 0.25) is 5.95 Å². The van der Waals surface area contributed by atoms with Gasteiger partial charge in [-0.15, -0.1) is 0 Å². The van der Waals surface area contributed by atoms with Gasteiger partial charge < -0.3 is 10.5 Å². The van der Waals surface area contributed by atoms with Crippen molar-refractivity contribution < 1.29 is 4.74 Å². The summed E-state index contributed by atoms with van der Waals surface area (Å²) in [4.78, 5) is 8.78. The number of anilines is 1. The summed E-state index contributed by atoms with van der Waals surface area (Å²) in [5.74, 6) is 1.18. The maximum Gasteiger partial charge on any atom is 0.207 e. The van der Waals surface area contributed by atoms with Crippen LogP contribution in [0.25, 0.3) is 16.9 Å². The van der Waals surface area contributed by atoms with E-state index in [1.807, 2.05) is 35.8 Å². The van der Waals surface area contributed by atoms with Crippen LogP contribution in [-0.4, -0.2) is 21.6 Å². The number of nitrogen functional groups attached to an aromatic ring is 1. The molecule has 0 amide bonds. The Hall–Kier alpha value is -2.08. The van der Waals surface area contributed by atoms with Crippen LogP contribution in [0.3, 0.4) is 0 Å². The third kappa shape index (κ3) is 2.02. The van der Waals surface area contributed by atoms with Crippen molar-refractivity contribution in [1.82, 2.24) is 14.5 Å². The Morgan fingerprint density at radius 2 is 2.10 bits per heavy atom. The fraction of sp³-hybridized carbons (Fsp3) is 0.143. The summed E-state index contributed by atoms with van der Waals surface area (Å²) < 4.78 is 7.90. The van der Waals surface area contributed by atoms with E-state index in [4.69, 9.17) is 10.5 Å². The topological polar surface area (TPSA) is 66.0 Å². The van der Waals surface area contributed by atoms with Crippen molar-refractivity contribution in [2.24, 2.45) is 0 Å². The van der Waals surface area contributed by atoms with Crippen molar-refractivity contribution in [1.29, 1.82) is 0 Å². The van der Waals surface area contributed by atoms with E-state index in [1.54, 1.807) is 13.3 Å². The molecule has 3 rings (SSSR count). The Labute approximate surface area is 124 Å². The Morgan fingerprint density at radius 3 is 2.80 bits per heavy atom. The number of hydrogen-bond acceptors (Lipinski definition) is 4. The summed E-state index contributed by atoms with van der Waals surface area (Å²) >= 11 is 3.47. The van der Waals surface area contributed by atoms with Crippen LogP contribution in [0.2, 0.25) is 0 Å². The summed E-state index contributed by atoms with van der Waals surface area (Å²) in [7, 11) is 1.63. The number of aryl methyl sites for hydroxylation is 1. The summed E-state index contributed by atoms with van der Waals surface area (Å²) in [6.07, 6.45) is 1.80. The second kappa shape index (κ2) is 4.79. The number of aromatic nitrogens is 3. The molecule has 0 saturated carbocycles. The third-order valence-corrected chi connectivity index (χ3v) is 3.67. The average molecular weight is 333 g/mol. The first kappa shape index (κ1) is 12.9. The smallest absolute Gasteiger partial charge is 0.207 e. The second-order valence-corrected chi connectivity index (χ2v) is 5.33. The highest BCUT2D eigenvalue weighted by molar-refractivity contribution is 9.10. The van der Waals surface area contributed by atoms with Crippen LogP contribution in [0.15, 0.2) is 34.9 Å². The number of benzene rings is 1. The molecule has 0 aliphatic heterocycles. The molecule has 6 heteroatoms. The van der Waals surface area contributed by atoms with Crippen molar-refractivity contribution in [3.05, 3.63) is 40.5 Å². The van der Waals surface area contributed by atoms with Crippen molar-refractivity contribution >= 4 is 33.0 Å². The van der Waals surface area contributed by atoms with Crippen molar-refractivity contribution in [2.75, 3.05) is 12.8 Å². The SMILES string of the molecule is COc1ccc(-n2c(N)nc3cc(C)cnc32)cc1Br. The van der Waals surface area contributed by atoms with Gasteiger partial charge in [-0.1, -0.05) is 0 Å². The zero-order valence-corrected chi connectivity index (χ0v) is 12.7. The fourth-order valence-corrected chi connectivity index (χ4v) is 2.66. The Bertz CT molecular complexity index is 797. The van der Waals surface area contributed by atoms with E-state index in [0.29, 0.717) is 5.95 Å². The first-order chi connectivity index (χ1) is 9.60. The summed E-state index contributed by atoms with van der Waals surface area (Å²) in [5.41, 5.74) is 9.49. The molecular weight excluding hydrogens is 320 g/mol. The van der Waals surface area contributed by atoms with Crippen LogP contribution in [-0.2, 0) is 0 Å². The lowest BCUT2D eigenvalue weighted by molar-refractivity contribution is 0.412. The zero-order valence-electron chi connectivity index (χ0n) is 11.1. The highest BCUT2D eigenvalue weighted by Crippen LogP contribution is 2.29. The molecule has 1 aromatic carbocycles. The molecule has 0 radical (unpaired) electrons. The van der Waals surface area contributed by atoms with Gasteiger partial charge in [0.05, 0.1) is 17.3 Å². The Balaban J connectivity index is 2.23. The number of methoxy groups -OCH3 is 1. The van der Waals surface area contributed by atoms with E-state index < -0.39 is 0 Å². The molecule has 0 spiro atoms. The second-order valence-electron chi connectivity index (χ2n) is 4.48. The van der Waals surface area contributed by atoms with Gasteiger partial charge in [-0.25, -0.2) is 9.97 Å². The van der Waals surface area contributed by atoms with Crippen LogP contribution >= 0.6 is 15.9 Å². The van der Waals surface area contributed by atoms with E-state index in [-0.39, 0.29) is 0 Å². The van der Waals surface area contributed by atoms with Crippen LogP contribution in [0.5, 0.6) is 5.75 Å². The van der Waals surface area contributed by atoms with E-state index in [0.717, 1.165) is 32.6 Å². The highest BCUT2D eigenvalue weighted by Gasteiger charge is 2.12. The molecule has 0 saturated heterocycles. The number of ether oxygens (including phenoxy) is 1. The number of nitrogens with zero attached hydrogens (tertiary/aromatic N) is 3. The van der Waals surface area contributed by atoms with Crippen LogP contribution in [0.1, 0.15) is 5.56 Å². The summed E-state index contributed by atoms with van der Waals surface area (Å²) in [6, 6.07) is 7.69. The van der Waals surface area contributed by atoms with Gasteiger partial charge in [0.25, 0.3) is 0 Å². The normalized spacial score (nSPS) is 10.9. The first-order valence-electron chi connectivity index (χ1n) is 6.04. The average Bonchev–Trinajstić information content (AvgIpc) is 2.73. The molecule has 2 N–H and O–H groups in total. The number of rotatable bonds is 2. The Morgan fingerprint density at radius 1 is 1.30 bits per heavy atom. The predicted molar refractivity (Wildman–Crippen MR) is 82.3 cm³/mol. The largest absolute Gasteiger partial charge is 0.496 e. The summed E-state index contributed by atoms with van der Waals surface area (Å²) in [6.45, 7) is 1.98. The van der Waals surface area contributed by atoms with Gasteiger partial charge in [-0.05, 0) is 52.7 Å². The number of hydrogen-bond donors (Lipinski definition) is 1. The number of halogens is 1. The molecule has 0 aliphatic carbocycles. The molecule has 0 fully saturated rings. The first-order valence-corrected chi connectivity index (χ1v) is 6.84. The summed E-state index contributed by atoms with van der Waals surface area (Å²) in [5, 5.41) is 0. The molecular formula is C14H13BrN4O. The minimum absolute atomic E-state index is 0.412. The van der Waals surface area contributed by atoms with Crippen molar-refractivity contribution in [3.8, 4) is 11.4 Å². The quantitative estimate of drug-likeness (QED) is 0.783. The number of pyridine rings is 1. The molecule has 3 aromatic rings.